The highest BCUT2D eigenvalue weighted by Crippen LogP contribution is 2.36. The van der Waals surface area contributed by atoms with Gasteiger partial charge in [0.05, 0.1) is 29.8 Å². The van der Waals surface area contributed by atoms with Crippen molar-refractivity contribution in [1.82, 2.24) is 25.2 Å². The van der Waals surface area contributed by atoms with Crippen LogP contribution >= 0.6 is 0 Å². The van der Waals surface area contributed by atoms with Crippen molar-refractivity contribution < 1.29 is 28.6 Å². The van der Waals surface area contributed by atoms with E-state index >= 15 is 0 Å². The molecule has 2 aromatic heterocycles. The van der Waals surface area contributed by atoms with Gasteiger partial charge in [-0.15, -0.1) is 0 Å². The second-order valence-corrected chi connectivity index (χ2v) is 9.34. The number of aromatic nitrogens is 3. The van der Waals surface area contributed by atoms with Gasteiger partial charge in [-0.05, 0) is 37.8 Å². The average molecular weight is 498 g/mol. The van der Waals surface area contributed by atoms with Crippen LogP contribution in [0.25, 0.3) is 22.3 Å². The number of nitrogens with zero attached hydrogens (tertiary/aromatic N) is 3. The standard InChI is InChI=1S/C25H28FN5O5/c1-13-21(25(34)30-17-8-31(9-18(17)32)20(33)11-35-2)23-24(29-13)22(27-12-28-23)16-6-5-15(26)7-19(16)36-10-14-3-4-14/h5-7,12,14,17-18,29,32H,3-4,8-11H2,1-2H3,(H,30,34)/t17-,18+/m1/s1. The Balaban J connectivity index is 1.43. The summed E-state index contributed by atoms with van der Waals surface area (Å²) >= 11 is 0. The van der Waals surface area contributed by atoms with Gasteiger partial charge in [0.2, 0.25) is 5.91 Å². The van der Waals surface area contributed by atoms with Crippen LogP contribution in [0.1, 0.15) is 28.9 Å². The maximum atomic E-state index is 14.0. The zero-order valence-electron chi connectivity index (χ0n) is 20.1. The van der Waals surface area contributed by atoms with Crippen molar-refractivity contribution in [3.63, 3.8) is 0 Å². The minimum absolute atomic E-state index is 0.0929. The molecule has 10 nitrogen and oxygen atoms in total. The van der Waals surface area contributed by atoms with Gasteiger partial charge in [0, 0.05) is 37.5 Å². The van der Waals surface area contributed by atoms with Crippen molar-refractivity contribution in [2.75, 3.05) is 33.4 Å². The molecular formula is C25H28FN5O5. The number of fused-ring (bicyclic) bond motifs is 1. The number of nitrogens with one attached hydrogen (secondary N) is 2. The van der Waals surface area contributed by atoms with E-state index in [2.05, 4.69) is 20.3 Å². The average Bonchev–Trinajstić information content (AvgIpc) is 3.51. The molecule has 1 aliphatic carbocycles. The lowest BCUT2D eigenvalue weighted by molar-refractivity contribution is -0.134. The summed E-state index contributed by atoms with van der Waals surface area (Å²) in [6, 6.07) is 3.65. The molecule has 1 saturated heterocycles. The molecule has 2 fully saturated rings. The van der Waals surface area contributed by atoms with Crippen LogP contribution in [0.15, 0.2) is 24.5 Å². The highest BCUT2D eigenvalue weighted by atomic mass is 19.1. The number of aliphatic hydroxyl groups is 1. The molecule has 1 saturated carbocycles. The number of methoxy groups -OCH3 is 1. The van der Waals surface area contributed by atoms with Gasteiger partial charge < -0.3 is 29.8 Å². The normalized spacial score (nSPS) is 19.6. The van der Waals surface area contributed by atoms with E-state index in [4.69, 9.17) is 9.47 Å². The first-order valence-electron chi connectivity index (χ1n) is 11.9. The van der Waals surface area contributed by atoms with Gasteiger partial charge >= 0.3 is 0 Å². The molecule has 0 unspecified atom stereocenters. The molecule has 2 atom stereocenters. The predicted molar refractivity (Wildman–Crippen MR) is 128 cm³/mol. The van der Waals surface area contributed by atoms with E-state index < -0.39 is 23.9 Å². The van der Waals surface area contributed by atoms with Gasteiger partial charge in [-0.25, -0.2) is 14.4 Å². The summed E-state index contributed by atoms with van der Waals surface area (Å²) in [6.45, 7) is 2.45. The van der Waals surface area contributed by atoms with Crippen molar-refractivity contribution in [2.45, 2.75) is 31.9 Å². The fourth-order valence-electron chi connectivity index (χ4n) is 4.49. The summed E-state index contributed by atoms with van der Waals surface area (Å²) in [5, 5.41) is 13.2. The molecule has 11 heteroatoms. The van der Waals surface area contributed by atoms with Crippen molar-refractivity contribution in [1.29, 1.82) is 0 Å². The molecule has 1 aromatic carbocycles. The number of benzene rings is 1. The van der Waals surface area contributed by atoms with Gasteiger partial charge in [-0.2, -0.15) is 0 Å². The van der Waals surface area contributed by atoms with E-state index in [1.165, 1.54) is 30.5 Å². The smallest absolute Gasteiger partial charge is 0.255 e. The van der Waals surface area contributed by atoms with E-state index in [1.54, 1.807) is 13.0 Å². The summed E-state index contributed by atoms with van der Waals surface area (Å²) in [7, 11) is 1.42. The summed E-state index contributed by atoms with van der Waals surface area (Å²) in [4.78, 5) is 38.8. The number of aryl methyl sites for hydroxylation is 1. The van der Waals surface area contributed by atoms with Crippen LogP contribution in [0, 0.1) is 18.7 Å². The van der Waals surface area contributed by atoms with Crippen LogP contribution in [0.5, 0.6) is 5.75 Å². The molecule has 3 aromatic rings. The lowest BCUT2D eigenvalue weighted by atomic mass is 10.1. The first-order valence-corrected chi connectivity index (χ1v) is 11.9. The van der Waals surface area contributed by atoms with Gasteiger partial charge in [-0.1, -0.05) is 0 Å². The van der Waals surface area contributed by atoms with Crippen LogP contribution in [0.4, 0.5) is 4.39 Å². The first-order chi connectivity index (χ1) is 17.4. The molecule has 0 spiro atoms. The molecule has 190 valence electrons. The Morgan fingerprint density at radius 3 is 2.83 bits per heavy atom. The van der Waals surface area contributed by atoms with Crippen LogP contribution in [0.2, 0.25) is 0 Å². The number of aliphatic hydroxyl groups excluding tert-OH is 1. The predicted octanol–water partition coefficient (Wildman–Crippen LogP) is 1.81. The molecule has 0 radical (unpaired) electrons. The number of carbonyl (C=O) groups is 2. The SMILES string of the molecule is COCC(=O)N1C[C@H](O)[C@H](NC(=O)c2c(C)[nH]c3c(-c4ccc(F)cc4OCC4CC4)ncnc23)C1. The number of aromatic amines is 1. The minimum atomic E-state index is -0.907. The minimum Gasteiger partial charge on any atom is -0.492 e. The van der Waals surface area contributed by atoms with Crippen LogP contribution in [0.3, 0.4) is 0 Å². The number of amides is 2. The van der Waals surface area contributed by atoms with Gasteiger partial charge in [0.25, 0.3) is 5.91 Å². The maximum absolute atomic E-state index is 14.0. The molecule has 2 amide bonds. The largest absolute Gasteiger partial charge is 0.492 e. The highest BCUT2D eigenvalue weighted by molar-refractivity contribution is 6.09. The number of likely N-dealkylation sites (tertiary alicyclic amines) is 1. The van der Waals surface area contributed by atoms with Crippen molar-refractivity contribution in [3.05, 3.63) is 41.6 Å². The summed E-state index contributed by atoms with van der Waals surface area (Å²) in [5.74, 6) is -0.229. The number of hydrogen-bond donors (Lipinski definition) is 3. The second kappa shape index (κ2) is 9.82. The van der Waals surface area contributed by atoms with E-state index in [0.717, 1.165) is 12.8 Å². The third-order valence-corrected chi connectivity index (χ3v) is 6.59. The van der Waals surface area contributed by atoms with E-state index in [-0.39, 0.29) is 25.6 Å². The van der Waals surface area contributed by atoms with Crippen LogP contribution in [-0.2, 0) is 9.53 Å². The Bertz CT molecular complexity index is 1310. The van der Waals surface area contributed by atoms with Gasteiger partial charge in [-0.3, -0.25) is 9.59 Å². The quantitative estimate of drug-likeness (QED) is 0.433. The Labute approximate surface area is 206 Å². The van der Waals surface area contributed by atoms with E-state index in [9.17, 15) is 19.1 Å². The Morgan fingerprint density at radius 1 is 1.28 bits per heavy atom. The van der Waals surface area contributed by atoms with Gasteiger partial charge in [0.1, 0.15) is 35.7 Å². The zero-order chi connectivity index (χ0) is 25.4. The number of H-pyrrole nitrogens is 1. The first kappa shape index (κ1) is 24.1. The lowest BCUT2D eigenvalue weighted by Gasteiger charge is -2.16. The van der Waals surface area contributed by atoms with Crippen LogP contribution in [-0.4, -0.2) is 82.3 Å². The third-order valence-electron chi connectivity index (χ3n) is 6.59. The number of hydrogen-bond acceptors (Lipinski definition) is 7. The maximum Gasteiger partial charge on any atom is 0.255 e. The molecule has 0 bridgehead atoms. The van der Waals surface area contributed by atoms with Crippen molar-refractivity contribution in [2.24, 2.45) is 5.92 Å². The van der Waals surface area contributed by atoms with Gasteiger partial charge in [0.15, 0.2) is 0 Å². The molecular weight excluding hydrogens is 469 g/mol. The fraction of sp³-hybridized carbons (Fsp3) is 0.440. The zero-order valence-corrected chi connectivity index (χ0v) is 20.1. The van der Waals surface area contributed by atoms with Crippen molar-refractivity contribution >= 4 is 22.8 Å². The monoisotopic (exact) mass is 497 g/mol. The number of ether oxygens (including phenoxy) is 2. The Kier molecular flexibility index (Phi) is 6.59. The Morgan fingerprint density at radius 2 is 2.08 bits per heavy atom. The van der Waals surface area contributed by atoms with Crippen LogP contribution < -0.4 is 10.1 Å². The highest BCUT2D eigenvalue weighted by Gasteiger charge is 2.36. The molecule has 2 aliphatic rings. The van der Waals surface area contributed by atoms with E-state index in [1.807, 2.05) is 0 Å². The van der Waals surface area contributed by atoms with E-state index in [0.29, 0.717) is 51.8 Å². The third kappa shape index (κ3) is 4.76. The molecule has 36 heavy (non-hydrogen) atoms. The fourth-order valence-corrected chi connectivity index (χ4v) is 4.49. The molecule has 3 heterocycles. The molecule has 1 aliphatic heterocycles. The summed E-state index contributed by atoms with van der Waals surface area (Å²) < 4.78 is 24.8. The lowest BCUT2D eigenvalue weighted by Crippen LogP contribution is -2.43. The topological polar surface area (TPSA) is 130 Å². The summed E-state index contributed by atoms with van der Waals surface area (Å²) in [6.07, 6.45) is 2.65. The summed E-state index contributed by atoms with van der Waals surface area (Å²) in [5.41, 5.74) is 2.87. The second-order valence-electron chi connectivity index (χ2n) is 9.34. The van der Waals surface area contributed by atoms with Crippen molar-refractivity contribution in [3.8, 4) is 17.0 Å². The number of halogens is 1. The Hall–Kier alpha value is -3.57. The molecule has 5 rings (SSSR count). The number of carbonyl (C=O) groups excluding carboxylic acids is 2. The molecule has 3 N–H and O–H groups in total. The number of β-amino-alcohol motifs (C(OH)–C–C–N with tert-alkyl or cyclic N) is 1. The number of rotatable bonds is 8.